The maximum Gasteiger partial charge on any atom is 0.326 e. The first-order valence-corrected chi connectivity index (χ1v) is 8.07. The molecule has 1 unspecified atom stereocenters. The molecule has 0 saturated carbocycles. The Hall–Kier alpha value is -2.50. The van der Waals surface area contributed by atoms with Gasteiger partial charge in [0.15, 0.2) is 5.82 Å². The topological polar surface area (TPSA) is 78.7 Å². The summed E-state index contributed by atoms with van der Waals surface area (Å²) in [7, 11) is 1.78. The highest BCUT2D eigenvalue weighted by Crippen LogP contribution is 2.30. The van der Waals surface area contributed by atoms with Crippen molar-refractivity contribution in [1.29, 1.82) is 0 Å². The quantitative estimate of drug-likeness (QED) is 0.778. The van der Waals surface area contributed by atoms with Crippen molar-refractivity contribution in [2.24, 2.45) is 10.9 Å². The van der Waals surface area contributed by atoms with E-state index in [1.807, 2.05) is 13.8 Å². The number of aromatic nitrogens is 2. The molecule has 1 aliphatic carbocycles. The second-order valence-corrected chi connectivity index (χ2v) is 6.19. The van der Waals surface area contributed by atoms with E-state index in [4.69, 9.17) is 0 Å². The Balaban J connectivity index is 2.58. The summed E-state index contributed by atoms with van der Waals surface area (Å²) in [5, 5.41) is 9.59. The molecule has 1 aromatic heterocycles. The number of likely N-dealkylation sites (N-methyl/N-ethyl adjacent to an activating group) is 1. The van der Waals surface area contributed by atoms with E-state index in [1.165, 1.54) is 6.20 Å². The number of aryl methyl sites for hydroxylation is 1. The van der Waals surface area contributed by atoms with Gasteiger partial charge in [-0.1, -0.05) is 27.0 Å². The smallest absolute Gasteiger partial charge is 0.326 e. The Morgan fingerprint density at radius 3 is 2.58 bits per heavy atom. The summed E-state index contributed by atoms with van der Waals surface area (Å²) in [6.45, 7) is 11.1. The van der Waals surface area contributed by atoms with E-state index in [0.29, 0.717) is 17.4 Å². The van der Waals surface area contributed by atoms with Gasteiger partial charge in [-0.05, 0) is 31.3 Å². The van der Waals surface area contributed by atoms with Gasteiger partial charge in [0.2, 0.25) is 0 Å². The van der Waals surface area contributed by atoms with Gasteiger partial charge in [0.1, 0.15) is 17.6 Å². The molecular weight excluding hydrogens is 304 g/mol. The largest absolute Gasteiger partial charge is 0.480 e. The van der Waals surface area contributed by atoms with Crippen molar-refractivity contribution in [2.75, 3.05) is 11.9 Å². The van der Waals surface area contributed by atoms with Crippen molar-refractivity contribution < 1.29 is 9.90 Å². The van der Waals surface area contributed by atoms with E-state index in [1.54, 1.807) is 18.0 Å². The summed E-state index contributed by atoms with van der Waals surface area (Å²) < 4.78 is 0. The summed E-state index contributed by atoms with van der Waals surface area (Å²) in [6, 6.07) is -0.652. The third kappa shape index (κ3) is 3.37. The molecule has 1 heterocycles. The van der Waals surface area contributed by atoms with Crippen LogP contribution in [0.3, 0.4) is 0 Å². The summed E-state index contributed by atoms with van der Waals surface area (Å²) in [6.07, 6.45) is 5.73. The number of carboxylic acid groups (broad SMARTS) is 1. The molecule has 0 spiro atoms. The van der Waals surface area contributed by atoms with E-state index >= 15 is 0 Å². The van der Waals surface area contributed by atoms with Crippen molar-refractivity contribution in [3.8, 4) is 0 Å². The Morgan fingerprint density at radius 2 is 2.04 bits per heavy atom. The van der Waals surface area contributed by atoms with Crippen LogP contribution in [0.5, 0.6) is 0 Å². The second kappa shape index (κ2) is 7.38. The number of carbonyl (C=O) groups is 1. The molecule has 2 rings (SSSR count). The number of allylic oxidation sites excluding steroid dienone is 1. The lowest BCUT2D eigenvalue weighted by Gasteiger charge is -2.30. The monoisotopic (exact) mass is 328 g/mol. The van der Waals surface area contributed by atoms with E-state index in [-0.39, 0.29) is 5.92 Å². The van der Waals surface area contributed by atoms with Crippen LogP contribution < -0.4 is 4.90 Å². The number of hydrogen-bond donors (Lipinski definition) is 1. The van der Waals surface area contributed by atoms with E-state index < -0.39 is 12.0 Å². The van der Waals surface area contributed by atoms with Crippen molar-refractivity contribution in [3.63, 3.8) is 0 Å². The molecule has 0 aromatic carbocycles. The third-order valence-electron chi connectivity index (χ3n) is 4.20. The van der Waals surface area contributed by atoms with Crippen LogP contribution in [0.4, 0.5) is 5.82 Å². The molecule has 128 valence electrons. The first-order valence-electron chi connectivity index (χ1n) is 8.07. The minimum absolute atomic E-state index is 0.0521. The van der Waals surface area contributed by atoms with Gasteiger partial charge in [0.25, 0.3) is 0 Å². The van der Waals surface area contributed by atoms with Crippen molar-refractivity contribution in [3.05, 3.63) is 42.5 Å². The highest BCUT2D eigenvalue weighted by molar-refractivity contribution is 6.06. The van der Waals surface area contributed by atoms with E-state index in [9.17, 15) is 9.90 Å². The van der Waals surface area contributed by atoms with Gasteiger partial charge >= 0.3 is 5.97 Å². The molecule has 1 aliphatic rings. The van der Waals surface area contributed by atoms with Crippen LogP contribution in [-0.2, 0) is 17.6 Å². The van der Waals surface area contributed by atoms with Gasteiger partial charge in [-0.2, -0.15) is 0 Å². The van der Waals surface area contributed by atoms with Crippen LogP contribution in [0.1, 0.15) is 37.4 Å². The molecule has 24 heavy (non-hydrogen) atoms. The molecule has 1 N–H and O–H groups in total. The predicted molar refractivity (Wildman–Crippen MR) is 95.7 cm³/mol. The van der Waals surface area contributed by atoms with Crippen LogP contribution >= 0.6 is 0 Å². The number of aliphatic carboxylic acids is 1. The SMILES string of the molecule is C=CN=C(C=C)c1nc2c(c(N(C)C(C(=O)O)C(C)C)n1)CCC2. The number of rotatable bonds is 7. The minimum atomic E-state index is -0.858. The summed E-state index contributed by atoms with van der Waals surface area (Å²) >= 11 is 0. The molecule has 0 aliphatic heterocycles. The molecule has 0 radical (unpaired) electrons. The zero-order valence-corrected chi connectivity index (χ0v) is 14.5. The standard InChI is InChI=1S/C18H24N4O2/c1-6-13(19-7-2)16-20-14-10-8-9-12(14)17(21-16)22(5)15(11(3)4)18(23)24/h6-7,11,15H,1-2,8-10H2,3-5H3,(H,23,24). The lowest BCUT2D eigenvalue weighted by molar-refractivity contribution is -0.139. The molecule has 6 heteroatoms. The molecule has 6 nitrogen and oxygen atoms in total. The van der Waals surface area contributed by atoms with Gasteiger partial charge in [0.05, 0.1) is 0 Å². The molecule has 0 fully saturated rings. The summed E-state index contributed by atoms with van der Waals surface area (Å²) in [5.41, 5.74) is 2.54. The lowest BCUT2D eigenvalue weighted by Crippen LogP contribution is -2.43. The highest BCUT2D eigenvalue weighted by atomic mass is 16.4. The van der Waals surface area contributed by atoms with Crippen LogP contribution in [0.25, 0.3) is 0 Å². The molecular formula is C18H24N4O2. The summed E-state index contributed by atoms with van der Waals surface area (Å²) in [4.78, 5) is 26.8. The Bertz CT molecular complexity index is 695. The fraction of sp³-hybridized carbons (Fsp3) is 0.444. The van der Waals surface area contributed by atoms with E-state index in [0.717, 1.165) is 30.5 Å². The van der Waals surface area contributed by atoms with Gasteiger partial charge < -0.3 is 10.0 Å². The van der Waals surface area contributed by atoms with Crippen LogP contribution in [-0.4, -0.2) is 39.8 Å². The summed E-state index contributed by atoms with van der Waals surface area (Å²) in [5.74, 6) is 0.222. The Morgan fingerprint density at radius 1 is 1.33 bits per heavy atom. The van der Waals surface area contributed by atoms with Gasteiger partial charge in [0, 0.05) is 24.5 Å². The van der Waals surface area contributed by atoms with Gasteiger partial charge in [-0.15, -0.1) is 0 Å². The Kier molecular flexibility index (Phi) is 5.49. The highest BCUT2D eigenvalue weighted by Gasteiger charge is 2.31. The van der Waals surface area contributed by atoms with Crippen molar-refractivity contribution in [1.82, 2.24) is 9.97 Å². The van der Waals surface area contributed by atoms with Gasteiger partial charge in [-0.3, -0.25) is 4.99 Å². The number of nitrogens with zero attached hydrogens (tertiary/aromatic N) is 4. The average molecular weight is 328 g/mol. The molecule has 0 amide bonds. The zero-order valence-electron chi connectivity index (χ0n) is 14.5. The average Bonchev–Trinajstić information content (AvgIpc) is 2.99. The van der Waals surface area contributed by atoms with Crippen molar-refractivity contribution in [2.45, 2.75) is 39.2 Å². The fourth-order valence-electron chi connectivity index (χ4n) is 3.15. The van der Waals surface area contributed by atoms with Crippen LogP contribution in [0, 0.1) is 5.92 Å². The minimum Gasteiger partial charge on any atom is -0.480 e. The van der Waals surface area contributed by atoms with Gasteiger partial charge in [-0.25, -0.2) is 14.8 Å². The third-order valence-corrected chi connectivity index (χ3v) is 4.20. The Labute approximate surface area is 142 Å². The van der Waals surface area contributed by atoms with Crippen LogP contribution in [0.2, 0.25) is 0 Å². The first-order chi connectivity index (χ1) is 11.4. The van der Waals surface area contributed by atoms with E-state index in [2.05, 4.69) is 28.1 Å². The van der Waals surface area contributed by atoms with Crippen LogP contribution in [0.15, 0.2) is 30.4 Å². The number of carboxylic acids is 1. The maximum atomic E-state index is 11.7. The predicted octanol–water partition coefficient (Wildman–Crippen LogP) is 2.63. The van der Waals surface area contributed by atoms with Crippen molar-refractivity contribution >= 4 is 17.5 Å². The molecule has 1 atom stereocenters. The number of hydrogen-bond acceptors (Lipinski definition) is 5. The lowest BCUT2D eigenvalue weighted by atomic mass is 10.0. The maximum absolute atomic E-state index is 11.7. The normalized spacial score (nSPS) is 15.1. The molecule has 1 aromatic rings. The molecule has 0 saturated heterocycles. The fourth-order valence-corrected chi connectivity index (χ4v) is 3.15. The number of anilines is 1. The zero-order chi connectivity index (χ0) is 17.9. The first kappa shape index (κ1) is 17.8. The second-order valence-electron chi connectivity index (χ2n) is 6.19. The number of fused-ring (bicyclic) bond motifs is 1. The molecule has 0 bridgehead atoms. The number of aliphatic imine (C=N–C) groups is 1.